The zero-order valence-corrected chi connectivity index (χ0v) is 21.6. The summed E-state index contributed by atoms with van der Waals surface area (Å²) in [5, 5.41) is 6.36. The number of piperidine rings is 1. The Balaban J connectivity index is 1.49. The van der Waals surface area contributed by atoms with Gasteiger partial charge in [0.1, 0.15) is 23.2 Å². The molecule has 0 aliphatic carbocycles. The summed E-state index contributed by atoms with van der Waals surface area (Å²) in [6.07, 6.45) is 4.03. The van der Waals surface area contributed by atoms with Crippen LogP contribution < -0.4 is 5.32 Å². The van der Waals surface area contributed by atoms with Crippen molar-refractivity contribution >= 4 is 17.6 Å². The van der Waals surface area contributed by atoms with E-state index in [-0.39, 0.29) is 41.8 Å². The minimum absolute atomic E-state index is 0.0177. The molecule has 2 N–H and O–H groups in total. The van der Waals surface area contributed by atoms with Gasteiger partial charge in [0.15, 0.2) is 11.5 Å². The number of amides is 2. The van der Waals surface area contributed by atoms with Crippen LogP contribution in [0.5, 0.6) is 0 Å². The quantitative estimate of drug-likeness (QED) is 0.428. The second-order valence-electron chi connectivity index (χ2n) is 9.86. The monoisotopic (exact) mass is 527 g/mol. The third kappa shape index (κ3) is 6.32. The number of aromatic amines is 1. The number of H-pyrrole nitrogens is 1. The van der Waals surface area contributed by atoms with Crippen molar-refractivity contribution in [3.8, 4) is 11.3 Å². The van der Waals surface area contributed by atoms with Crippen molar-refractivity contribution in [3.63, 3.8) is 0 Å². The number of aryl methyl sites for hydroxylation is 1. The molecule has 2 amide bonds. The summed E-state index contributed by atoms with van der Waals surface area (Å²) in [4.78, 5) is 48.3. The second kappa shape index (κ2) is 11.7. The average molecular weight is 528 g/mol. The summed E-state index contributed by atoms with van der Waals surface area (Å²) in [5.74, 6) is -2.16. The van der Waals surface area contributed by atoms with Crippen LogP contribution in [0, 0.1) is 18.6 Å². The summed E-state index contributed by atoms with van der Waals surface area (Å²) < 4.78 is 32.4. The number of imidazole rings is 1. The molecule has 9 nitrogen and oxygen atoms in total. The maximum Gasteiger partial charge on any atom is 0.274 e. The highest BCUT2D eigenvalue weighted by molar-refractivity contribution is 5.98. The number of rotatable bonds is 9. The predicted octanol–water partition coefficient (Wildman–Crippen LogP) is 4.30. The first kappa shape index (κ1) is 27.2. The molecule has 1 aliphatic rings. The van der Waals surface area contributed by atoms with Gasteiger partial charge in [-0.05, 0) is 45.2 Å². The molecule has 11 heteroatoms. The summed E-state index contributed by atoms with van der Waals surface area (Å²) in [5.41, 5.74) is 0.513. The van der Waals surface area contributed by atoms with E-state index in [0.717, 1.165) is 31.4 Å². The Hall–Kier alpha value is -3.89. The lowest BCUT2D eigenvalue weighted by atomic mass is 9.96. The molecule has 0 radical (unpaired) electrons. The molecule has 0 bridgehead atoms. The van der Waals surface area contributed by atoms with Crippen LogP contribution in [0.3, 0.4) is 0 Å². The molecule has 1 saturated heterocycles. The third-order valence-corrected chi connectivity index (χ3v) is 6.85. The van der Waals surface area contributed by atoms with Gasteiger partial charge in [0.2, 0.25) is 5.91 Å². The van der Waals surface area contributed by atoms with Crippen molar-refractivity contribution in [1.82, 2.24) is 25.3 Å². The molecule has 3 aromatic rings. The SMILES string of the molecule is Cc1cc(C(=O)N[C@@H](CC(=O)N2CCCC[C@@H]2C)C(=O)C[C@@H](C)c2ncc(-c3ccc(F)cc3F)[nH]2)no1. The Morgan fingerprint density at radius 1 is 1.21 bits per heavy atom. The minimum Gasteiger partial charge on any atom is -0.361 e. The van der Waals surface area contributed by atoms with E-state index in [2.05, 4.69) is 20.4 Å². The molecule has 0 spiro atoms. The number of hydrogen-bond donors (Lipinski definition) is 2. The fourth-order valence-electron chi connectivity index (χ4n) is 4.68. The molecule has 0 unspecified atom stereocenters. The zero-order valence-electron chi connectivity index (χ0n) is 21.6. The van der Waals surface area contributed by atoms with Gasteiger partial charge in [0.25, 0.3) is 5.91 Å². The van der Waals surface area contributed by atoms with Crippen molar-refractivity contribution in [3.05, 3.63) is 59.4 Å². The lowest BCUT2D eigenvalue weighted by Gasteiger charge is -2.34. The van der Waals surface area contributed by atoms with Gasteiger partial charge in [-0.3, -0.25) is 14.4 Å². The molecular formula is C27H31F2N5O4. The van der Waals surface area contributed by atoms with E-state index in [4.69, 9.17) is 4.52 Å². The van der Waals surface area contributed by atoms with E-state index < -0.39 is 29.5 Å². The molecule has 0 saturated carbocycles. The number of ketones is 1. The van der Waals surface area contributed by atoms with E-state index in [1.54, 1.807) is 18.7 Å². The number of halogens is 2. The van der Waals surface area contributed by atoms with Gasteiger partial charge in [-0.15, -0.1) is 0 Å². The first-order valence-corrected chi connectivity index (χ1v) is 12.7. The number of carbonyl (C=O) groups is 3. The Kier molecular flexibility index (Phi) is 8.33. The smallest absolute Gasteiger partial charge is 0.274 e. The highest BCUT2D eigenvalue weighted by atomic mass is 19.1. The number of Topliss-reactive ketones (excluding diaryl/α,β-unsaturated/α-hetero) is 1. The maximum atomic E-state index is 14.2. The molecule has 1 aromatic carbocycles. The number of hydrogen-bond acceptors (Lipinski definition) is 6. The van der Waals surface area contributed by atoms with Crippen LogP contribution in [0.25, 0.3) is 11.3 Å². The Morgan fingerprint density at radius 3 is 2.68 bits per heavy atom. The minimum atomic E-state index is -1.08. The van der Waals surface area contributed by atoms with Crippen LogP contribution in [0.1, 0.15) is 73.9 Å². The van der Waals surface area contributed by atoms with Gasteiger partial charge in [0.05, 0.1) is 24.4 Å². The van der Waals surface area contributed by atoms with Crippen LogP contribution in [-0.4, -0.2) is 56.3 Å². The normalized spacial score (nSPS) is 17.2. The largest absolute Gasteiger partial charge is 0.361 e. The number of aromatic nitrogens is 3. The van der Waals surface area contributed by atoms with Crippen molar-refractivity contribution in [2.24, 2.45) is 0 Å². The number of nitrogens with one attached hydrogen (secondary N) is 2. The van der Waals surface area contributed by atoms with Gasteiger partial charge in [-0.2, -0.15) is 0 Å². The maximum absolute atomic E-state index is 14.2. The van der Waals surface area contributed by atoms with Gasteiger partial charge < -0.3 is 19.7 Å². The van der Waals surface area contributed by atoms with Crippen LogP contribution >= 0.6 is 0 Å². The van der Waals surface area contributed by atoms with Gasteiger partial charge in [0, 0.05) is 42.6 Å². The Bertz CT molecular complexity index is 1320. The summed E-state index contributed by atoms with van der Waals surface area (Å²) >= 11 is 0. The first-order valence-electron chi connectivity index (χ1n) is 12.7. The third-order valence-electron chi connectivity index (χ3n) is 6.85. The predicted molar refractivity (Wildman–Crippen MR) is 134 cm³/mol. The zero-order chi connectivity index (χ0) is 27.4. The number of carbonyl (C=O) groups excluding carboxylic acids is 3. The van der Waals surface area contributed by atoms with Gasteiger partial charge in [-0.25, -0.2) is 13.8 Å². The van der Waals surface area contributed by atoms with Crippen LogP contribution in [0.15, 0.2) is 35.0 Å². The van der Waals surface area contributed by atoms with Gasteiger partial charge >= 0.3 is 0 Å². The molecule has 38 heavy (non-hydrogen) atoms. The van der Waals surface area contributed by atoms with Crippen molar-refractivity contribution in [2.45, 2.75) is 70.9 Å². The lowest BCUT2D eigenvalue weighted by molar-refractivity contribution is -0.137. The van der Waals surface area contributed by atoms with E-state index in [9.17, 15) is 23.2 Å². The van der Waals surface area contributed by atoms with Crippen molar-refractivity contribution in [2.75, 3.05) is 6.54 Å². The first-order chi connectivity index (χ1) is 18.1. The molecular weight excluding hydrogens is 496 g/mol. The highest BCUT2D eigenvalue weighted by Crippen LogP contribution is 2.26. The summed E-state index contributed by atoms with van der Waals surface area (Å²) in [7, 11) is 0. The topological polar surface area (TPSA) is 121 Å². The number of benzene rings is 1. The van der Waals surface area contributed by atoms with Crippen LogP contribution in [-0.2, 0) is 9.59 Å². The molecule has 2 aromatic heterocycles. The molecule has 1 aliphatic heterocycles. The molecule has 3 atom stereocenters. The van der Waals surface area contributed by atoms with Crippen molar-refractivity contribution in [1.29, 1.82) is 0 Å². The van der Waals surface area contributed by atoms with Gasteiger partial charge in [-0.1, -0.05) is 12.1 Å². The summed E-state index contributed by atoms with van der Waals surface area (Å²) in [6.45, 7) is 5.99. The molecule has 4 rings (SSSR count). The number of likely N-dealkylation sites (tertiary alicyclic amines) is 1. The van der Waals surface area contributed by atoms with E-state index in [1.165, 1.54) is 18.3 Å². The summed E-state index contributed by atoms with van der Waals surface area (Å²) in [6, 6.07) is 3.68. The van der Waals surface area contributed by atoms with Crippen LogP contribution in [0.2, 0.25) is 0 Å². The fraction of sp³-hybridized carbons (Fsp3) is 0.444. The second-order valence-corrected chi connectivity index (χ2v) is 9.86. The molecule has 3 heterocycles. The lowest BCUT2D eigenvalue weighted by Crippen LogP contribution is -2.48. The van der Waals surface area contributed by atoms with Crippen LogP contribution in [0.4, 0.5) is 8.78 Å². The standard InChI is InChI=1S/C27H31F2N5O4/c1-15(26-30-14-23(31-26)19-8-7-18(28)12-20(19)29)10-24(35)21(32-27(37)22-11-17(3)38-33-22)13-25(36)34-9-5-4-6-16(34)2/h7-8,11-12,14-16,21H,4-6,9-10,13H2,1-3H3,(H,30,31)(H,32,37)/t15-,16+,21+/m1/s1. The molecule has 202 valence electrons. The van der Waals surface area contributed by atoms with E-state index >= 15 is 0 Å². The Morgan fingerprint density at radius 2 is 2.00 bits per heavy atom. The molecule has 1 fully saturated rings. The average Bonchev–Trinajstić information content (AvgIpc) is 3.53. The van der Waals surface area contributed by atoms with E-state index in [0.29, 0.717) is 23.8 Å². The van der Waals surface area contributed by atoms with E-state index in [1.807, 2.05) is 6.92 Å². The highest BCUT2D eigenvalue weighted by Gasteiger charge is 2.31. The van der Waals surface area contributed by atoms with Crippen molar-refractivity contribution < 1.29 is 27.7 Å². The number of nitrogens with zero attached hydrogens (tertiary/aromatic N) is 3. The fourth-order valence-corrected chi connectivity index (χ4v) is 4.68. The Labute approximate surface area is 219 Å².